The van der Waals surface area contributed by atoms with E-state index < -0.39 is 5.82 Å². The molecule has 0 spiro atoms. The van der Waals surface area contributed by atoms with Crippen LogP contribution in [0.2, 0.25) is 5.02 Å². The van der Waals surface area contributed by atoms with Crippen molar-refractivity contribution < 1.29 is 14.0 Å². The van der Waals surface area contributed by atoms with Gasteiger partial charge in [0, 0.05) is 24.2 Å². The zero-order chi connectivity index (χ0) is 18.0. The molecule has 0 atom stereocenters. The Hall–Kier alpha value is -2.40. The predicted molar refractivity (Wildman–Crippen MR) is 95.2 cm³/mol. The Kier molecular flexibility index (Phi) is 5.04. The number of rotatable bonds is 4. The van der Waals surface area contributed by atoms with Crippen LogP contribution in [0.4, 0.5) is 10.1 Å². The Balaban J connectivity index is 1.95. The number of halogens is 2. The summed E-state index contributed by atoms with van der Waals surface area (Å²) in [6, 6.07) is 11.3. The van der Waals surface area contributed by atoms with Crippen LogP contribution in [-0.2, 0) is 4.79 Å². The van der Waals surface area contributed by atoms with Gasteiger partial charge in [0.15, 0.2) is 0 Å². The highest BCUT2D eigenvalue weighted by Crippen LogP contribution is 2.25. The summed E-state index contributed by atoms with van der Waals surface area (Å²) in [5.74, 6) is -0.803. The van der Waals surface area contributed by atoms with Crippen molar-refractivity contribution in [2.24, 2.45) is 0 Å². The van der Waals surface area contributed by atoms with Gasteiger partial charge in [-0.15, -0.1) is 0 Å². The molecule has 0 unspecified atom stereocenters. The van der Waals surface area contributed by atoms with E-state index in [0.717, 1.165) is 12.0 Å². The first-order chi connectivity index (χ1) is 12.0. The molecule has 6 heteroatoms. The monoisotopic (exact) mass is 360 g/mol. The maximum atomic E-state index is 13.5. The predicted octanol–water partition coefficient (Wildman–Crippen LogP) is 4.01. The number of carbonyl (C=O) groups excluding carboxylic acids is 2. The quantitative estimate of drug-likeness (QED) is 0.826. The average Bonchev–Trinajstić information content (AvgIpc) is 3.00. The number of amides is 2. The van der Waals surface area contributed by atoms with Crippen LogP contribution in [0.15, 0.2) is 42.5 Å². The summed E-state index contributed by atoms with van der Waals surface area (Å²) < 4.78 is 13.5. The van der Waals surface area contributed by atoms with Gasteiger partial charge in [-0.2, -0.15) is 0 Å². The summed E-state index contributed by atoms with van der Waals surface area (Å²) in [7, 11) is 0. The summed E-state index contributed by atoms with van der Waals surface area (Å²) >= 11 is 5.88. The Labute approximate surface area is 150 Å². The number of carbonyl (C=O) groups is 2. The van der Waals surface area contributed by atoms with Crippen molar-refractivity contribution in [3.63, 3.8) is 0 Å². The van der Waals surface area contributed by atoms with E-state index in [4.69, 9.17) is 11.6 Å². The third-order valence-electron chi connectivity index (χ3n) is 4.24. The smallest absolute Gasteiger partial charge is 0.259 e. The minimum Gasteiger partial charge on any atom is -0.324 e. The van der Waals surface area contributed by atoms with Gasteiger partial charge in [0.1, 0.15) is 12.5 Å². The molecular weight excluding hydrogens is 343 g/mol. The number of hydrogen-bond acceptors (Lipinski definition) is 2. The molecule has 25 heavy (non-hydrogen) atoms. The van der Waals surface area contributed by atoms with Crippen LogP contribution in [0.25, 0.3) is 0 Å². The summed E-state index contributed by atoms with van der Waals surface area (Å²) in [5.41, 5.74) is 2.00. The van der Waals surface area contributed by atoms with Crippen molar-refractivity contribution >= 4 is 29.1 Å². The fraction of sp³-hybridized carbons (Fsp3) is 0.263. The maximum absolute atomic E-state index is 13.5. The molecular formula is C19H18ClFN2O2. The van der Waals surface area contributed by atoms with Crippen molar-refractivity contribution in [2.75, 3.05) is 18.1 Å². The van der Waals surface area contributed by atoms with Crippen LogP contribution in [0.5, 0.6) is 0 Å². The van der Waals surface area contributed by atoms with Gasteiger partial charge < -0.3 is 4.90 Å². The van der Waals surface area contributed by atoms with Crippen LogP contribution in [-0.4, -0.2) is 29.9 Å². The second-order valence-electron chi connectivity index (χ2n) is 6.10. The van der Waals surface area contributed by atoms with E-state index in [0.29, 0.717) is 24.2 Å². The lowest BCUT2D eigenvalue weighted by Crippen LogP contribution is -2.42. The highest BCUT2D eigenvalue weighted by atomic mass is 35.5. The van der Waals surface area contributed by atoms with Crippen molar-refractivity contribution in [2.45, 2.75) is 19.8 Å². The van der Waals surface area contributed by atoms with Gasteiger partial charge in [-0.3, -0.25) is 14.5 Å². The van der Waals surface area contributed by atoms with Gasteiger partial charge in [-0.25, -0.2) is 4.39 Å². The van der Waals surface area contributed by atoms with Crippen LogP contribution in [0, 0.1) is 12.7 Å². The first-order valence-electron chi connectivity index (χ1n) is 8.07. The number of hydrogen-bond donors (Lipinski definition) is 0. The van der Waals surface area contributed by atoms with Crippen LogP contribution >= 0.6 is 11.6 Å². The van der Waals surface area contributed by atoms with Crippen LogP contribution in [0.1, 0.15) is 28.8 Å². The number of likely N-dealkylation sites (tertiary alicyclic amines) is 1. The topological polar surface area (TPSA) is 40.6 Å². The Morgan fingerprint density at radius 2 is 1.96 bits per heavy atom. The molecule has 1 heterocycles. The fourth-order valence-corrected chi connectivity index (χ4v) is 2.97. The molecule has 1 aliphatic rings. The molecule has 0 aromatic heterocycles. The molecule has 2 aromatic carbocycles. The average molecular weight is 361 g/mol. The molecule has 3 rings (SSSR count). The van der Waals surface area contributed by atoms with E-state index in [1.54, 1.807) is 17.0 Å². The van der Waals surface area contributed by atoms with E-state index in [-0.39, 0.29) is 23.5 Å². The first kappa shape index (κ1) is 17.4. The van der Waals surface area contributed by atoms with Gasteiger partial charge in [0.25, 0.3) is 5.91 Å². The largest absolute Gasteiger partial charge is 0.324 e. The van der Waals surface area contributed by atoms with Gasteiger partial charge >= 0.3 is 0 Å². The summed E-state index contributed by atoms with van der Waals surface area (Å²) in [4.78, 5) is 28.1. The molecule has 1 saturated heterocycles. The molecule has 4 nitrogen and oxygen atoms in total. The lowest BCUT2D eigenvalue weighted by molar-refractivity contribution is -0.127. The lowest BCUT2D eigenvalue weighted by atomic mass is 10.1. The first-order valence-corrected chi connectivity index (χ1v) is 8.45. The molecule has 0 aliphatic carbocycles. The molecule has 1 fully saturated rings. The molecule has 1 aliphatic heterocycles. The molecule has 2 amide bonds. The van der Waals surface area contributed by atoms with E-state index in [9.17, 15) is 14.0 Å². The van der Waals surface area contributed by atoms with Crippen LogP contribution in [0.3, 0.4) is 0 Å². The van der Waals surface area contributed by atoms with Gasteiger partial charge in [-0.1, -0.05) is 29.3 Å². The molecule has 0 bridgehead atoms. The lowest BCUT2D eigenvalue weighted by Gasteiger charge is -2.28. The number of nitrogens with zero attached hydrogens (tertiary/aromatic N) is 2. The van der Waals surface area contributed by atoms with E-state index >= 15 is 0 Å². The Morgan fingerprint density at radius 1 is 1.24 bits per heavy atom. The summed E-state index contributed by atoms with van der Waals surface area (Å²) in [6.07, 6.45) is 1.26. The van der Waals surface area contributed by atoms with Crippen molar-refractivity contribution in [3.8, 4) is 0 Å². The number of anilines is 1. The Bertz CT molecular complexity index is 808. The minimum atomic E-state index is -0.551. The standard InChI is InChI=1S/C19H18ClFN2O2/c1-13-4-6-14(7-5-13)19(25)23(12-22-10-2-3-18(22)24)15-8-9-17(21)16(20)11-15/h4-9,11H,2-3,10,12H2,1H3. The van der Waals surface area contributed by atoms with Gasteiger partial charge in [-0.05, 0) is 43.7 Å². The zero-order valence-corrected chi connectivity index (χ0v) is 14.6. The van der Waals surface area contributed by atoms with Gasteiger partial charge in [0.05, 0.1) is 5.02 Å². The second-order valence-corrected chi connectivity index (χ2v) is 6.51. The molecule has 0 N–H and O–H groups in total. The number of aryl methyl sites for hydroxylation is 1. The second kappa shape index (κ2) is 7.23. The highest BCUT2D eigenvalue weighted by molar-refractivity contribution is 6.31. The molecule has 0 saturated carbocycles. The van der Waals surface area contributed by atoms with Crippen molar-refractivity contribution in [1.29, 1.82) is 0 Å². The SMILES string of the molecule is Cc1ccc(C(=O)N(CN2CCCC2=O)c2ccc(F)c(Cl)c2)cc1. The maximum Gasteiger partial charge on any atom is 0.259 e. The fourth-order valence-electron chi connectivity index (χ4n) is 2.79. The normalized spacial score (nSPS) is 14.0. The molecule has 0 radical (unpaired) electrons. The highest BCUT2D eigenvalue weighted by Gasteiger charge is 2.26. The summed E-state index contributed by atoms with van der Waals surface area (Å²) in [6.45, 7) is 2.66. The molecule has 130 valence electrons. The molecule has 2 aromatic rings. The van der Waals surface area contributed by atoms with E-state index in [2.05, 4.69) is 0 Å². The third-order valence-corrected chi connectivity index (χ3v) is 4.53. The minimum absolute atomic E-state index is 0.00918. The van der Waals surface area contributed by atoms with Crippen molar-refractivity contribution in [1.82, 2.24) is 4.90 Å². The van der Waals surface area contributed by atoms with E-state index in [1.807, 2.05) is 19.1 Å². The van der Waals surface area contributed by atoms with Crippen LogP contribution < -0.4 is 4.90 Å². The van der Waals surface area contributed by atoms with Crippen molar-refractivity contribution in [3.05, 3.63) is 64.4 Å². The third kappa shape index (κ3) is 3.82. The Morgan fingerprint density at radius 3 is 2.56 bits per heavy atom. The number of benzene rings is 2. The van der Waals surface area contributed by atoms with E-state index in [1.165, 1.54) is 23.1 Å². The summed E-state index contributed by atoms with van der Waals surface area (Å²) in [5, 5.41) is -0.0630. The zero-order valence-electron chi connectivity index (χ0n) is 13.8. The van der Waals surface area contributed by atoms with Gasteiger partial charge in [0.2, 0.25) is 5.91 Å².